The number of H-pyrrole nitrogens is 1. The zero-order valence-corrected chi connectivity index (χ0v) is 22.9. The first-order valence-electron chi connectivity index (χ1n) is 14.1. The summed E-state index contributed by atoms with van der Waals surface area (Å²) in [6.45, 7) is 2.54. The van der Waals surface area contributed by atoms with E-state index in [-0.39, 0.29) is 0 Å². The van der Waals surface area contributed by atoms with Gasteiger partial charge < -0.3 is 9.30 Å². The highest BCUT2D eigenvalue weighted by Gasteiger charge is 2.23. The van der Waals surface area contributed by atoms with Crippen molar-refractivity contribution in [3.63, 3.8) is 0 Å². The number of nitrogens with one attached hydrogen (secondary N) is 1. The van der Waals surface area contributed by atoms with Crippen molar-refractivity contribution >= 4 is 11.0 Å². The fourth-order valence-electron chi connectivity index (χ4n) is 5.86. The summed E-state index contributed by atoms with van der Waals surface area (Å²) in [5.74, 6) is 2.36. The first kappa shape index (κ1) is 25.1. The highest BCUT2D eigenvalue weighted by atomic mass is 16.5. The summed E-state index contributed by atoms with van der Waals surface area (Å²) in [7, 11) is 0. The third-order valence-electron chi connectivity index (χ3n) is 7.87. The zero-order chi connectivity index (χ0) is 27.6. The number of hydrogen-bond acceptors (Lipinski definition) is 7. The smallest absolute Gasteiger partial charge is 0.204 e. The molecular formula is C32H30N8O. The minimum atomic E-state index is 0.428. The maximum Gasteiger partial charge on any atom is 0.204 e. The van der Waals surface area contributed by atoms with Crippen LogP contribution in [0.4, 0.5) is 0 Å². The van der Waals surface area contributed by atoms with Gasteiger partial charge in [-0.25, -0.2) is 15.0 Å². The number of hydrogen-bond donors (Lipinski definition) is 1. The minimum Gasteiger partial charge on any atom is -0.489 e. The quantitative estimate of drug-likeness (QED) is 0.238. The van der Waals surface area contributed by atoms with Crippen molar-refractivity contribution in [2.75, 3.05) is 0 Å². The highest BCUT2D eigenvalue weighted by Crippen LogP contribution is 2.37. The largest absolute Gasteiger partial charge is 0.489 e. The number of fused-ring (bicyclic) bond motifs is 1. The molecule has 0 spiro atoms. The molecule has 204 valence electrons. The Hall–Kier alpha value is -4.92. The molecule has 1 N–H and O–H groups in total. The van der Waals surface area contributed by atoms with Crippen molar-refractivity contribution in [2.24, 2.45) is 0 Å². The minimum absolute atomic E-state index is 0.428. The van der Waals surface area contributed by atoms with E-state index in [1.807, 2.05) is 24.5 Å². The molecule has 9 nitrogen and oxygen atoms in total. The van der Waals surface area contributed by atoms with Gasteiger partial charge in [-0.2, -0.15) is 5.21 Å². The Morgan fingerprint density at radius 3 is 2.46 bits per heavy atom. The summed E-state index contributed by atoms with van der Waals surface area (Å²) < 4.78 is 8.71. The average molecular weight is 543 g/mol. The third kappa shape index (κ3) is 5.06. The van der Waals surface area contributed by atoms with Gasteiger partial charge in [0.15, 0.2) is 0 Å². The lowest BCUT2D eigenvalue weighted by Gasteiger charge is -2.25. The normalized spacial score (nSPS) is 14.0. The van der Waals surface area contributed by atoms with Crippen molar-refractivity contribution in [1.29, 1.82) is 0 Å². The van der Waals surface area contributed by atoms with E-state index in [0.717, 1.165) is 63.3 Å². The number of ether oxygens (including phenoxy) is 1. The van der Waals surface area contributed by atoms with Crippen LogP contribution in [0.15, 0.2) is 79.4 Å². The van der Waals surface area contributed by atoms with E-state index in [9.17, 15) is 0 Å². The second kappa shape index (κ2) is 10.9. The van der Waals surface area contributed by atoms with E-state index in [1.165, 1.54) is 24.8 Å². The number of nitrogens with zero attached hydrogens (tertiary/aromatic N) is 7. The summed E-state index contributed by atoms with van der Waals surface area (Å²) in [4.78, 5) is 13.5. The monoisotopic (exact) mass is 542 g/mol. The molecule has 7 rings (SSSR count). The number of tetrazole rings is 1. The van der Waals surface area contributed by atoms with Gasteiger partial charge in [0, 0.05) is 35.1 Å². The van der Waals surface area contributed by atoms with Gasteiger partial charge in [0.2, 0.25) is 5.82 Å². The van der Waals surface area contributed by atoms with Crippen molar-refractivity contribution in [3.05, 3.63) is 90.5 Å². The molecule has 1 fully saturated rings. The van der Waals surface area contributed by atoms with Gasteiger partial charge >= 0.3 is 0 Å². The van der Waals surface area contributed by atoms with Crippen LogP contribution < -0.4 is 4.74 Å². The zero-order valence-electron chi connectivity index (χ0n) is 22.9. The van der Waals surface area contributed by atoms with Crippen LogP contribution >= 0.6 is 0 Å². The van der Waals surface area contributed by atoms with Crippen molar-refractivity contribution in [2.45, 2.75) is 51.7 Å². The third-order valence-corrected chi connectivity index (χ3v) is 7.87. The predicted octanol–water partition coefficient (Wildman–Crippen LogP) is 6.73. The van der Waals surface area contributed by atoms with Crippen molar-refractivity contribution in [3.8, 4) is 39.7 Å². The van der Waals surface area contributed by atoms with Gasteiger partial charge in [0.05, 0.1) is 11.0 Å². The van der Waals surface area contributed by atoms with E-state index in [1.54, 1.807) is 6.33 Å². The molecule has 3 aromatic heterocycles. The molecule has 0 bridgehead atoms. The van der Waals surface area contributed by atoms with E-state index in [2.05, 4.69) is 90.6 Å². The lowest BCUT2D eigenvalue weighted by atomic mass is 9.95. The fraction of sp³-hybridized carbons (Fsp3) is 0.250. The van der Waals surface area contributed by atoms with Crippen LogP contribution in [0.3, 0.4) is 0 Å². The van der Waals surface area contributed by atoms with Gasteiger partial charge in [0.25, 0.3) is 0 Å². The van der Waals surface area contributed by atoms with Crippen LogP contribution in [0.2, 0.25) is 0 Å². The first-order valence-corrected chi connectivity index (χ1v) is 14.1. The number of imidazole rings is 1. The fourth-order valence-corrected chi connectivity index (χ4v) is 5.86. The van der Waals surface area contributed by atoms with E-state index in [0.29, 0.717) is 18.5 Å². The Balaban J connectivity index is 1.19. The van der Waals surface area contributed by atoms with Crippen LogP contribution in [0.1, 0.15) is 49.3 Å². The second-order valence-electron chi connectivity index (χ2n) is 10.6. The van der Waals surface area contributed by atoms with Crippen LogP contribution in [0, 0.1) is 6.92 Å². The molecule has 6 aromatic rings. The van der Waals surface area contributed by atoms with Gasteiger partial charge in [-0.1, -0.05) is 43.0 Å². The molecule has 0 unspecified atom stereocenters. The Kier molecular flexibility index (Phi) is 6.68. The number of aromatic nitrogens is 8. The topological polar surface area (TPSA) is 107 Å². The molecule has 0 saturated heterocycles. The second-order valence-corrected chi connectivity index (χ2v) is 10.6. The Morgan fingerprint density at radius 1 is 0.878 bits per heavy atom. The molecule has 1 aliphatic carbocycles. The van der Waals surface area contributed by atoms with Gasteiger partial charge in [-0.05, 0) is 78.6 Å². The van der Waals surface area contributed by atoms with E-state index in [4.69, 9.17) is 9.72 Å². The Morgan fingerprint density at radius 2 is 1.68 bits per heavy atom. The first-order chi connectivity index (χ1) is 20.2. The van der Waals surface area contributed by atoms with Crippen LogP contribution in [0.5, 0.6) is 5.75 Å². The van der Waals surface area contributed by atoms with Crippen LogP contribution in [0.25, 0.3) is 44.9 Å². The number of aryl methyl sites for hydroxylation is 1. The number of aromatic amines is 1. The average Bonchev–Trinajstić information content (AvgIpc) is 3.70. The lowest BCUT2D eigenvalue weighted by molar-refractivity contribution is 0.306. The van der Waals surface area contributed by atoms with Crippen molar-refractivity contribution in [1.82, 2.24) is 40.1 Å². The Bertz CT molecular complexity index is 1770. The maximum atomic E-state index is 6.27. The summed E-state index contributed by atoms with van der Waals surface area (Å²) in [6.07, 6.45) is 11.3. The summed E-state index contributed by atoms with van der Waals surface area (Å²) in [5.41, 5.74) is 8.37. The lowest BCUT2D eigenvalue weighted by Crippen LogP contribution is -2.14. The summed E-state index contributed by atoms with van der Waals surface area (Å²) in [5, 5.41) is 14.5. The predicted molar refractivity (Wildman–Crippen MR) is 157 cm³/mol. The molecule has 0 radical (unpaired) electrons. The Labute approximate surface area is 237 Å². The van der Waals surface area contributed by atoms with Gasteiger partial charge in [-0.3, -0.25) is 0 Å². The van der Waals surface area contributed by atoms with E-state index < -0.39 is 0 Å². The molecular weight excluding hydrogens is 512 g/mol. The number of rotatable bonds is 7. The molecule has 3 heterocycles. The molecule has 3 aromatic carbocycles. The molecule has 9 heteroatoms. The highest BCUT2D eigenvalue weighted by molar-refractivity contribution is 5.84. The summed E-state index contributed by atoms with van der Waals surface area (Å²) in [6, 6.07) is 21.3. The van der Waals surface area contributed by atoms with E-state index >= 15 is 0 Å². The standard InChI is InChI=1S/C32H30N8O/c1-21-7-13-28(25-17-33-20-34-18-25)24(15-21)19-41-27-11-8-22(9-12-27)32-35-29-16-23(31-36-38-39-37-31)10-14-30(29)40(32)26-5-3-2-4-6-26/h7-18,20,26H,2-6,19H2,1H3,(H,36,37,38,39). The van der Waals surface area contributed by atoms with Crippen molar-refractivity contribution < 1.29 is 4.74 Å². The van der Waals surface area contributed by atoms with Crippen LogP contribution in [-0.2, 0) is 6.61 Å². The molecule has 41 heavy (non-hydrogen) atoms. The SMILES string of the molecule is Cc1ccc(-c2cncnc2)c(COc2ccc(-c3nc4cc(-c5nn[nH]n5)ccc4n3C3CCCCC3)cc2)c1. The maximum absolute atomic E-state index is 6.27. The van der Waals surface area contributed by atoms with Gasteiger partial charge in [-0.15, -0.1) is 10.2 Å². The molecule has 1 saturated carbocycles. The molecule has 1 aliphatic rings. The molecule has 0 atom stereocenters. The summed E-state index contributed by atoms with van der Waals surface area (Å²) >= 11 is 0. The molecule has 0 aliphatic heterocycles. The van der Waals surface area contributed by atoms with Crippen LogP contribution in [-0.4, -0.2) is 40.1 Å². The molecule has 0 amide bonds. The van der Waals surface area contributed by atoms with Gasteiger partial charge in [0.1, 0.15) is 24.5 Å². The number of benzene rings is 3.